The summed E-state index contributed by atoms with van der Waals surface area (Å²) >= 11 is 1.55. The van der Waals surface area contributed by atoms with Crippen LogP contribution in [0.4, 0.5) is 0 Å². The number of carbonyl (C=O) groups is 3. The molecule has 0 spiro atoms. The van der Waals surface area contributed by atoms with Crippen molar-refractivity contribution in [2.75, 3.05) is 18.5 Å². The van der Waals surface area contributed by atoms with Crippen molar-refractivity contribution in [3.8, 4) is 5.75 Å². The summed E-state index contributed by atoms with van der Waals surface area (Å²) in [6, 6.07) is 58.9. The largest absolute Gasteiger partial charge is 0.484 e. The van der Waals surface area contributed by atoms with Crippen LogP contribution in [0, 0.1) is 0 Å². The van der Waals surface area contributed by atoms with Crippen molar-refractivity contribution in [3.05, 3.63) is 204 Å². The number of β-lactam (4-membered cyclic amide) rings is 1. The van der Waals surface area contributed by atoms with Gasteiger partial charge in [0.25, 0.3) is 11.8 Å². The van der Waals surface area contributed by atoms with E-state index in [0.717, 1.165) is 32.6 Å². The Morgan fingerprint density at radius 2 is 1.11 bits per heavy atom. The summed E-state index contributed by atoms with van der Waals surface area (Å²) < 4.78 is 12.2. The first-order valence-electron chi connectivity index (χ1n) is 18.5. The van der Waals surface area contributed by atoms with Crippen LogP contribution < -0.4 is 26.0 Å². The molecule has 2 heterocycles. The van der Waals surface area contributed by atoms with E-state index in [1.807, 2.05) is 97.1 Å². The lowest BCUT2D eigenvalue weighted by molar-refractivity contribution is -0.154. The van der Waals surface area contributed by atoms with Crippen LogP contribution in [0.1, 0.15) is 17.2 Å². The lowest BCUT2D eigenvalue weighted by atomic mass is 10.0. The minimum atomic E-state index is -2.47. The van der Waals surface area contributed by atoms with E-state index < -0.39 is 36.7 Å². The molecular formula is C47H40N2O5PS+. The molecule has 9 heteroatoms. The summed E-state index contributed by atoms with van der Waals surface area (Å²) in [6.07, 6.45) is -0.215. The molecule has 56 heavy (non-hydrogen) atoms. The number of hydrogen-bond acceptors (Lipinski definition) is 6. The number of benzene rings is 6. The lowest BCUT2D eigenvalue weighted by Crippen LogP contribution is -2.71. The third-order valence-electron chi connectivity index (χ3n) is 10.1. The standard InChI is InChI=1S/C47H39N2O5PS/c50-41(31-53-37-23-11-3-12-24-37)48-42-45(51)49-43(47(52)54-44(34-19-7-1-8-20-34)35-21-9-2-10-22-35)36(33-56-46(42)49)32-55(38-25-13-4-14-26-38,39-27-15-5-16-28-39)40-29-17-6-18-30-40/h1-30,42,44,46H,31-33H2/p+1/t42-,46+/m1/s1. The van der Waals surface area contributed by atoms with Crippen LogP contribution in [-0.4, -0.2) is 52.6 Å². The van der Waals surface area contributed by atoms with Gasteiger partial charge in [0.15, 0.2) is 12.7 Å². The average Bonchev–Trinajstić information content (AvgIpc) is 3.27. The van der Waals surface area contributed by atoms with Crippen LogP contribution in [0.15, 0.2) is 193 Å². The summed E-state index contributed by atoms with van der Waals surface area (Å²) in [6.45, 7) is -0.241. The van der Waals surface area contributed by atoms with Gasteiger partial charge in [0.1, 0.15) is 46.0 Å². The highest BCUT2D eigenvalue weighted by molar-refractivity contribution is 8.00. The van der Waals surface area contributed by atoms with Gasteiger partial charge in [0.2, 0.25) is 0 Å². The highest BCUT2D eigenvalue weighted by Crippen LogP contribution is 2.58. The van der Waals surface area contributed by atoms with E-state index in [2.05, 4.69) is 78.1 Å². The zero-order valence-electron chi connectivity index (χ0n) is 30.5. The average molecular weight is 776 g/mol. The molecule has 1 fully saturated rings. The highest BCUT2D eigenvalue weighted by atomic mass is 32.2. The summed E-state index contributed by atoms with van der Waals surface area (Å²) in [7, 11) is -2.47. The molecule has 2 aliphatic heterocycles. The van der Waals surface area contributed by atoms with E-state index in [0.29, 0.717) is 17.7 Å². The number of fused-ring (bicyclic) bond motifs is 1. The first-order valence-corrected chi connectivity index (χ1v) is 21.5. The molecule has 0 aliphatic carbocycles. The molecule has 7 nitrogen and oxygen atoms in total. The van der Waals surface area contributed by atoms with Crippen molar-refractivity contribution in [2.45, 2.75) is 17.5 Å². The fraction of sp³-hybridized carbons (Fsp3) is 0.128. The molecule has 0 unspecified atom stereocenters. The minimum Gasteiger partial charge on any atom is -0.484 e. The highest BCUT2D eigenvalue weighted by Gasteiger charge is 2.57. The monoisotopic (exact) mass is 775 g/mol. The second-order valence-corrected chi connectivity index (χ2v) is 18.2. The Bertz CT molecular complexity index is 2180. The number of esters is 1. The molecule has 8 rings (SSSR count). The predicted octanol–water partition coefficient (Wildman–Crippen LogP) is 7.05. The number of amides is 2. The SMILES string of the molecule is O=C(COc1ccccc1)N[C@@H]1C(=O)N2C(C(=O)OC(c3ccccc3)c3ccccc3)=C(C[P+](c3ccccc3)(c3ccccc3)c3ccccc3)CS[C@@H]12. The van der Waals surface area contributed by atoms with Crippen LogP contribution in [0.3, 0.4) is 0 Å². The van der Waals surface area contributed by atoms with E-state index in [4.69, 9.17) is 9.47 Å². The van der Waals surface area contributed by atoms with Crippen molar-refractivity contribution in [1.29, 1.82) is 0 Å². The van der Waals surface area contributed by atoms with Crippen LogP contribution in [0.2, 0.25) is 0 Å². The number of nitrogens with one attached hydrogen (secondary N) is 1. The fourth-order valence-electron chi connectivity index (χ4n) is 7.48. The van der Waals surface area contributed by atoms with Gasteiger partial charge in [0.05, 0.1) is 6.16 Å². The van der Waals surface area contributed by atoms with Gasteiger partial charge >= 0.3 is 5.97 Å². The molecule has 0 radical (unpaired) electrons. The molecule has 0 saturated carbocycles. The van der Waals surface area contributed by atoms with Crippen molar-refractivity contribution >= 4 is 52.7 Å². The van der Waals surface area contributed by atoms with Crippen LogP contribution in [0.5, 0.6) is 5.75 Å². The second kappa shape index (κ2) is 16.8. The number of nitrogens with zero attached hydrogens (tertiary/aromatic N) is 1. The van der Waals surface area contributed by atoms with E-state index >= 15 is 4.79 Å². The Morgan fingerprint density at radius 3 is 1.59 bits per heavy atom. The maximum absolute atomic E-state index is 15.0. The molecule has 2 aliphatic rings. The lowest BCUT2D eigenvalue weighted by Gasteiger charge is -2.50. The summed E-state index contributed by atoms with van der Waals surface area (Å²) in [5.41, 5.74) is 2.70. The molecular weight excluding hydrogens is 736 g/mol. The summed E-state index contributed by atoms with van der Waals surface area (Å²) in [4.78, 5) is 44.0. The first kappa shape index (κ1) is 37.0. The molecule has 0 aromatic heterocycles. The zero-order chi connectivity index (χ0) is 38.3. The Kier molecular flexibility index (Phi) is 11.1. The predicted molar refractivity (Wildman–Crippen MR) is 225 cm³/mol. The Labute approximate surface area is 331 Å². The normalized spacial score (nSPS) is 16.4. The number of ether oxygens (including phenoxy) is 2. The van der Waals surface area contributed by atoms with Gasteiger partial charge in [-0.25, -0.2) is 4.79 Å². The number of thioether (sulfide) groups is 1. The number of carbonyl (C=O) groups excluding carboxylic acids is 3. The van der Waals surface area contributed by atoms with Gasteiger partial charge in [-0.1, -0.05) is 133 Å². The van der Waals surface area contributed by atoms with Crippen molar-refractivity contribution in [2.24, 2.45) is 0 Å². The van der Waals surface area contributed by atoms with E-state index in [9.17, 15) is 9.59 Å². The molecule has 6 aromatic rings. The van der Waals surface area contributed by atoms with Gasteiger partial charge in [-0.2, -0.15) is 0 Å². The Balaban J connectivity index is 1.21. The smallest absolute Gasteiger partial charge is 0.356 e. The summed E-state index contributed by atoms with van der Waals surface area (Å²) in [5, 5.41) is 5.87. The molecule has 2 atom stereocenters. The molecule has 1 N–H and O–H groups in total. The number of rotatable bonds is 13. The number of hydrogen-bond donors (Lipinski definition) is 1. The van der Waals surface area contributed by atoms with Gasteiger partial charge < -0.3 is 14.8 Å². The maximum Gasteiger partial charge on any atom is 0.356 e. The molecule has 0 bridgehead atoms. The van der Waals surface area contributed by atoms with Gasteiger partial charge in [-0.3, -0.25) is 14.5 Å². The minimum absolute atomic E-state index is 0.241. The van der Waals surface area contributed by atoms with Crippen molar-refractivity contribution < 1.29 is 23.9 Å². The summed E-state index contributed by atoms with van der Waals surface area (Å²) in [5.74, 6) is -0.343. The first-order chi connectivity index (χ1) is 27.5. The molecule has 278 valence electrons. The van der Waals surface area contributed by atoms with Crippen LogP contribution in [0.25, 0.3) is 0 Å². The molecule has 1 saturated heterocycles. The van der Waals surface area contributed by atoms with Gasteiger partial charge in [-0.05, 0) is 59.7 Å². The molecule has 6 aromatic carbocycles. The third-order valence-corrected chi connectivity index (χ3v) is 15.9. The maximum atomic E-state index is 15.0. The van der Waals surface area contributed by atoms with E-state index in [-0.39, 0.29) is 18.2 Å². The molecule has 2 amide bonds. The van der Waals surface area contributed by atoms with Gasteiger partial charge in [-0.15, -0.1) is 11.8 Å². The van der Waals surface area contributed by atoms with Crippen LogP contribution >= 0.6 is 19.0 Å². The van der Waals surface area contributed by atoms with E-state index in [1.165, 1.54) is 0 Å². The quantitative estimate of drug-likeness (QED) is 0.0770. The van der Waals surface area contributed by atoms with Crippen molar-refractivity contribution in [1.82, 2.24) is 10.2 Å². The number of para-hydroxylation sites is 1. The zero-order valence-corrected chi connectivity index (χ0v) is 32.2. The fourth-order valence-corrected chi connectivity index (χ4v) is 13.3. The topological polar surface area (TPSA) is 84.9 Å². The van der Waals surface area contributed by atoms with E-state index in [1.54, 1.807) is 28.8 Å². The Morgan fingerprint density at radius 1 is 0.661 bits per heavy atom. The third kappa shape index (κ3) is 7.51. The van der Waals surface area contributed by atoms with Crippen molar-refractivity contribution in [3.63, 3.8) is 0 Å². The van der Waals surface area contributed by atoms with Gasteiger partial charge in [0, 0.05) is 11.3 Å². The van der Waals surface area contributed by atoms with Crippen LogP contribution in [-0.2, 0) is 19.1 Å². The second-order valence-electron chi connectivity index (χ2n) is 13.6. The Hall–Kier alpha value is -5.95.